The van der Waals surface area contributed by atoms with Crippen LogP contribution in [0.1, 0.15) is 44.3 Å². The molecular weight excluding hydrogens is 204 g/mol. The Morgan fingerprint density at radius 2 is 2.31 bits per heavy atom. The molecule has 1 aromatic rings. The van der Waals surface area contributed by atoms with Gasteiger partial charge in [-0.1, -0.05) is 19.8 Å². The molecule has 16 heavy (non-hydrogen) atoms. The van der Waals surface area contributed by atoms with Crippen LogP contribution in [0.4, 0.5) is 0 Å². The van der Waals surface area contributed by atoms with E-state index in [2.05, 4.69) is 5.10 Å². The Labute approximate surface area is 95.3 Å². The first kappa shape index (κ1) is 11.2. The summed E-state index contributed by atoms with van der Waals surface area (Å²) in [6.45, 7) is 1.72. The molecule has 0 aromatic carbocycles. The van der Waals surface area contributed by atoms with Gasteiger partial charge < -0.3 is 5.11 Å². The van der Waals surface area contributed by atoms with E-state index in [4.69, 9.17) is 5.11 Å². The Balaban J connectivity index is 1.99. The maximum Gasteiger partial charge on any atom is 0.306 e. The van der Waals surface area contributed by atoms with Crippen LogP contribution in [0.2, 0.25) is 0 Å². The van der Waals surface area contributed by atoms with Gasteiger partial charge in [0.05, 0.1) is 17.7 Å². The summed E-state index contributed by atoms with van der Waals surface area (Å²) in [6.07, 6.45) is 7.48. The van der Waals surface area contributed by atoms with E-state index < -0.39 is 5.97 Å². The van der Waals surface area contributed by atoms with Crippen LogP contribution in [0, 0.1) is 5.92 Å². The molecule has 1 saturated carbocycles. The minimum Gasteiger partial charge on any atom is -0.481 e. The van der Waals surface area contributed by atoms with E-state index in [9.17, 15) is 4.79 Å². The maximum absolute atomic E-state index is 10.7. The average molecular weight is 222 g/mol. The third-order valence-electron chi connectivity index (χ3n) is 3.30. The first-order valence-corrected chi connectivity index (χ1v) is 5.93. The second-order valence-electron chi connectivity index (χ2n) is 4.67. The summed E-state index contributed by atoms with van der Waals surface area (Å²) in [5.41, 5.74) is 0.891. The van der Waals surface area contributed by atoms with E-state index >= 15 is 0 Å². The molecule has 0 spiro atoms. The normalized spacial score (nSPS) is 18.8. The van der Waals surface area contributed by atoms with Gasteiger partial charge in [-0.05, 0) is 18.9 Å². The summed E-state index contributed by atoms with van der Waals surface area (Å²) in [7, 11) is 0. The third kappa shape index (κ3) is 2.43. The smallest absolute Gasteiger partial charge is 0.306 e. The topological polar surface area (TPSA) is 55.1 Å². The predicted octanol–water partition coefficient (Wildman–Crippen LogP) is 2.26. The van der Waals surface area contributed by atoms with Crippen molar-refractivity contribution in [2.75, 3.05) is 0 Å². The SMILES string of the molecule is CC(Cc1ccn(C2CCCC2)n1)C(=O)O. The fourth-order valence-corrected chi connectivity index (χ4v) is 2.26. The quantitative estimate of drug-likeness (QED) is 0.850. The van der Waals surface area contributed by atoms with Crippen LogP contribution in [-0.2, 0) is 11.2 Å². The minimum atomic E-state index is -0.754. The van der Waals surface area contributed by atoms with Crippen molar-refractivity contribution in [1.29, 1.82) is 0 Å². The van der Waals surface area contributed by atoms with Gasteiger partial charge in [-0.15, -0.1) is 0 Å². The number of carboxylic acid groups (broad SMARTS) is 1. The van der Waals surface area contributed by atoms with Crippen molar-refractivity contribution in [2.45, 2.75) is 45.1 Å². The fourth-order valence-electron chi connectivity index (χ4n) is 2.26. The Morgan fingerprint density at radius 3 is 2.94 bits per heavy atom. The largest absolute Gasteiger partial charge is 0.481 e. The van der Waals surface area contributed by atoms with E-state index in [1.165, 1.54) is 25.7 Å². The van der Waals surface area contributed by atoms with Crippen molar-refractivity contribution in [3.05, 3.63) is 18.0 Å². The van der Waals surface area contributed by atoms with E-state index in [-0.39, 0.29) is 5.92 Å². The lowest BCUT2D eigenvalue weighted by atomic mass is 10.1. The molecule has 1 N–H and O–H groups in total. The van der Waals surface area contributed by atoms with Crippen LogP contribution in [-0.4, -0.2) is 20.9 Å². The molecule has 4 heteroatoms. The molecule has 1 aliphatic carbocycles. The maximum atomic E-state index is 10.7. The van der Waals surface area contributed by atoms with Crippen molar-refractivity contribution in [2.24, 2.45) is 5.92 Å². The third-order valence-corrected chi connectivity index (χ3v) is 3.30. The summed E-state index contributed by atoms with van der Waals surface area (Å²) >= 11 is 0. The van der Waals surface area contributed by atoms with Crippen molar-refractivity contribution < 1.29 is 9.90 Å². The van der Waals surface area contributed by atoms with Crippen LogP contribution in [0.5, 0.6) is 0 Å². The van der Waals surface area contributed by atoms with E-state index in [0.717, 1.165) is 5.69 Å². The van der Waals surface area contributed by atoms with Crippen LogP contribution in [0.3, 0.4) is 0 Å². The molecule has 1 aromatic heterocycles. The molecule has 0 radical (unpaired) electrons. The summed E-state index contributed by atoms with van der Waals surface area (Å²) in [5.74, 6) is -1.11. The molecule has 0 saturated heterocycles. The molecule has 2 rings (SSSR count). The second-order valence-corrected chi connectivity index (χ2v) is 4.67. The van der Waals surface area contributed by atoms with Gasteiger partial charge in [0, 0.05) is 12.6 Å². The summed E-state index contributed by atoms with van der Waals surface area (Å²) in [6, 6.07) is 2.48. The molecule has 0 aliphatic heterocycles. The molecule has 4 nitrogen and oxygen atoms in total. The van der Waals surface area contributed by atoms with Gasteiger partial charge in [-0.2, -0.15) is 5.10 Å². The molecule has 1 atom stereocenters. The molecule has 0 bridgehead atoms. The minimum absolute atomic E-state index is 0.355. The first-order chi connectivity index (χ1) is 7.66. The van der Waals surface area contributed by atoms with Gasteiger partial charge in [-0.3, -0.25) is 9.48 Å². The predicted molar refractivity (Wildman–Crippen MR) is 60.2 cm³/mol. The van der Waals surface area contributed by atoms with Gasteiger partial charge >= 0.3 is 5.97 Å². The fraction of sp³-hybridized carbons (Fsp3) is 0.667. The van der Waals surface area contributed by atoms with Crippen LogP contribution >= 0.6 is 0 Å². The Kier molecular flexibility index (Phi) is 3.27. The van der Waals surface area contributed by atoms with E-state index in [1.54, 1.807) is 6.92 Å². The zero-order valence-corrected chi connectivity index (χ0v) is 9.59. The van der Waals surface area contributed by atoms with Gasteiger partial charge in [0.2, 0.25) is 0 Å². The number of hydrogen-bond acceptors (Lipinski definition) is 2. The van der Waals surface area contributed by atoms with E-state index in [1.807, 2.05) is 16.9 Å². The molecule has 1 fully saturated rings. The van der Waals surface area contributed by atoms with Crippen molar-refractivity contribution in [1.82, 2.24) is 9.78 Å². The molecule has 0 amide bonds. The monoisotopic (exact) mass is 222 g/mol. The van der Waals surface area contributed by atoms with Crippen molar-refractivity contribution in [3.63, 3.8) is 0 Å². The summed E-state index contributed by atoms with van der Waals surface area (Å²) in [5, 5.41) is 13.3. The lowest BCUT2D eigenvalue weighted by molar-refractivity contribution is -0.141. The zero-order valence-electron chi connectivity index (χ0n) is 9.59. The Morgan fingerprint density at radius 1 is 1.62 bits per heavy atom. The highest BCUT2D eigenvalue weighted by Crippen LogP contribution is 2.28. The molecule has 1 aliphatic rings. The Hall–Kier alpha value is -1.32. The van der Waals surface area contributed by atoms with Crippen LogP contribution in [0.15, 0.2) is 12.3 Å². The first-order valence-electron chi connectivity index (χ1n) is 5.93. The number of nitrogens with zero attached hydrogens (tertiary/aromatic N) is 2. The van der Waals surface area contributed by atoms with Crippen molar-refractivity contribution in [3.8, 4) is 0 Å². The number of carboxylic acids is 1. The van der Waals surface area contributed by atoms with Gasteiger partial charge in [-0.25, -0.2) is 0 Å². The molecular formula is C12H18N2O2. The average Bonchev–Trinajstić information content (AvgIpc) is 2.85. The molecule has 1 unspecified atom stereocenters. The lowest BCUT2D eigenvalue weighted by Crippen LogP contribution is -2.13. The highest BCUT2D eigenvalue weighted by Gasteiger charge is 2.19. The highest BCUT2D eigenvalue weighted by atomic mass is 16.4. The van der Waals surface area contributed by atoms with Crippen LogP contribution < -0.4 is 0 Å². The summed E-state index contributed by atoms with van der Waals surface area (Å²) < 4.78 is 2.01. The van der Waals surface area contributed by atoms with Crippen LogP contribution in [0.25, 0.3) is 0 Å². The number of aromatic nitrogens is 2. The molecule has 1 heterocycles. The number of hydrogen-bond donors (Lipinski definition) is 1. The van der Waals surface area contributed by atoms with Crippen molar-refractivity contribution >= 4 is 5.97 Å². The van der Waals surface area contributed by atoms with Gasteiger partial charge in [0.1, 0.15) is 0 Å². The Bertz CT molecular complexity index is 367. The number of carbonyl (C=O) groups is 1. The highest BCUT2D eigenvalue weighted by molar-refractivity contribution is 5.69. The summed E-state index contributed by atoms with van der Waals surface area (Å²) in [4.78, 5) is 10.7. The second kappa shape index (κ2) is 4.68. The van der Waals surface area contributed by atoms with E-state index in [0.29, 0.717) is 12.5 Å². The molecule has 88 valence electrons. The van der Waals surface area contributed by atoms with Gasteiger partial charge in [0.15, 0.2) is 0 Å². The lowest BCUT2D eigenvalue weighted by Gasteiger charge is -2.09. The zero-order chi connectivity index (χ0) is 11.5. The number of rotatable bonds is 4. The standard InChI is InChI=1S/C12H18N2O2/c1-9(12(15)16)8-10-6-7-14(13-10)11-4-2-3-5-11/h6-7,9,11H,2-5,8H2,1H3,(H,15,16). The number of aliphatic carboxylic acids is 1. The van der Waals surface area contributed by atoms with Gasteiger partial charge in [0.25, 0.3) is 0 Å².